The number of rotatable bonds is 4. The molecule has 0 amide bonds. The summed E-state index contributed by atoms with van der Waals surface area (Å²) in [5.74, 6) is 2.56. The molecule has 3 nitrogen and oxygen atoms in total. The van der Waals surface area contributed by atoms with Gasteiger partial charge in [0.15, 0.2) is 5.76 Å². The molecule has 2 aromatic rings. The number of fused-ring (bicyclic) bond motifs is 3. The van der Waals surface area contributed by atoms with Crippen LogP contribution in [0, 0.1) is 5.92 Å². The van der Waals surface area contributed by atoms with E-state index >= 15 is 0 Å². The Kier molecular flexibility index (Phi) is 3.62. The van der Waals surface area contributed by atoms with Crippen LogP contribution < -0.4 is 5.32 Å². The molecule has 0 bridgehead atoms. The van der Waals surface area contributed by atoms with E-state index in [4.69, 9.17) is 4.52 Å². The molecular formula is C15H18N2OS. The van der Waals surface area contributed by atoms with Crippen LogP contribution in [0.5, 0.6) is 0 Å². The first kappa shape index (κ1) is 12.8. The van der Waals surface area contributed by atoms with Crippen molar-refractivity contribution in [1.29, 1.82) is 0 Å². The van der Waals surface area contributed by atoms with Crippen molar-refractivity contribution in [2.75, 3.05) is 6.54 Å². The number of nitrogens with one attached hydrogen (secondary N) is 1. The lowest BCUT2D eigenvalue weighted by Crippen LogP contribution is -2.19. The highest BCUT2D eigenvalue weighted by Crippen LogP contribution is 2.42. The number of nitrogens with zero attached hydrogens (tertiary/aromatic N) is 1. The van der Waals surface area contributed by atoms with Crippen molar-refractivity contribution >= 4 is 11.8 Å². The van der Waals surface area contributed by atoms with E-state index in [0.717, 1.165) is 30.3 Å². The third-order valence-corrected chi connectivity index (χ3v) is 4.32. The minimum atomic E-state index is 0.651. The van der Waals surface area contributed by atoms with Crippen molar-refractivity contribution in [3.8, 4) is 11.3 Å². The summed E-state index contributed by atoms with van der Waals surface area (Å²) in [7, 11) is 0. The van der Waals surface area contributed by atoms with E-state index in [2.05, 4.69) is 42.5 Å². The third-order valence-electron chi connectivity index (χ3n) is 3.22. The molecule has 1 aliphatic heterocycles. The van der Waals surface area contributed by atoms with Gasteiger partial charge in [-0.15, -0.1) is 11.8 Å². The molecule has 0 aliphatic carbocycles. The Morgan fingerprint density at radius 2 is 2.21 bits per heavy atom. The maximum Gasteiger partial charge on any atom is 0.172 e. The summed E-state index contributed by atoms with van der Waals surface area (Å²) in [6, 6.07) is 8.37. The molecule has 0 unspecified atom stereocenters. The van der Waals surface area contributed by atoms with Gasteiger partial charge in [-0.25, -0.2) is 0 Å². The van der Waals surface area contributed by atoms with E-state index in [9.17, 15) is 0 Å². The van der Waals surface area contributed by atoms with E-state index in [1.54, 1.807) is 0 Å². The van der Waals surface area contributed by atoms with Gasteiger partial charge in [-0.1, -0.05) is 31.1 Å². The number of hydrogen-bond donors (Lipinski definition) is 1. The van der Waals surface area contributed by atoms with Gasteiger partial charge in [0.2, 0.25) is 0 Å². The molecule has 2 heterocycles. The van der Waals surface area contributed by atoms with Crippen LogP contribution in [0.1, 0.15) is 25.1 Å². The van der Waals surface area contributed by atoms with Crippen molar-refractivity contribution in [2.45, 2.75) is 31.0 Å². The molecule has 1 aliphatic rings. The van der Waals surface area contributed by atoms with E-state index < -0.39 is 0 Å². The van der Waals surface area contributed by atoms with Gasteiger partial charge in [0.1, 0.15) is 5.69 Å². The lowest BCUT2D eigenvalue weighted by Gasteiger charge is -2.14. The predicted octanol–water partition coefficient (Wildman–Crippen LogP) is 3.69. The fraction of sp³-hybridized carbons (Fsp3) is 0.400. The molecule has 0 fully saturated rings. The van der Waals surface area contributed by atoms with Gasteiger partial charge in [-0.2, -0.15) is 0 Å². The average Bonchev–Trinajstić information content (AvgIpc) is 2.82. The Morgan fingerprint density at radius 3 is 3.05 bits per heavy atom. The minimum Gasteiger partial charge on any atom is -0.356 e. The Bertz CT molecular complexity index is 577. The van der Waals surface area contributed by atoms with E-state index in [-0.39, 0.29) is 0 Å². The molecule has 3 rings (SSSR count). The summed E-state index contributed by atoms with van der Waals surface area (Å²) < 4.78 is 5.57. The molecule has 100 valence electrons. The fourth-order valence-corrected chi connectivity index (χ4v) is 3.34. The Morgan fingerprint density at radius 1 is 1.37 bits per heavy atom. The van der Waals surface area contributed by atoms with Crippen LogP contribution in [-0.2, 0) is 12.3 Å². The van der Waals surface area contributed by atoms with Gasteiger partial charge >= 0.3 is 0 Å². The summed E-state index contributed by atoms with van der Waals surface area (Å²) in [5, 5.41) is 7.67. The highest BCUT2D eigenvalue weighted by molar-refractivity contribution is 7.98. The monoisotopic (exact) mass is 274 g/mol. The molecule has 0 spiro atoms. The lowest BCUT2D eigenvalue weighted by molar-refractivity contribution is 0.417. The standard InChI is InChI=1S/C15H18N2OS/c1-10(2)7-16-8-13-12-9-19-14-6-4-3-5-11(14)15(12)18-17-13/h3-6,10,16H,7-9H2,1-2H3. The van der Waals surface area contributed by atoms with Crippen LogP contribution in [0.2, 0.25) is 0 Å². The Hall–Kier alpha value is -1.26. The van der Waals surface area contributed by atoms with Crippen LogP contribution in [0.15, 0.2) is 33.7 Å². The summed E-state index contributed by atoms with van der Waals surface area (Å²) in [5.41, 5.74) is 3.48. The molecule has 1 aromatic heterocycles. The van der Waals surface area contributed by atoms with Crippen molar-refractivity contribution in [3.63, 3.8) is 0 Å². The second-order valence-corrected chi connectivity index (χ2v) is 6.26. The topological polar surface area (TPSA) is 38.1 Å². The van der Waals surface area contributed by atoms with E-state index in [0.29, 0.717) is 5.92 Å². The molecule has 1 N–H and O–H groups in total. The highest BCUT2D eigenvalue weighted by atomic mass is 32.2. The van der Waals surface area contributed by atoms with Crippen molar-refractivity contribution in [1.82, 2.24) is 10.5 Å². The smallest absolute Gasteiger partial charge is 0.172 e. The van der Waals surface area contributed by atoms with Gasteiger partial charge in [-0.05, 0) is 24.6 Å². The molecule has 0 saturated carbocycles. The first-order chi connectivity index (χ1) is 9.25. The molecule has 0 saturated heterocycles. The summed E-state index contributed by atoms with van der Waals surface area (Å²) in [6.07, 6.45) is 0. The van der Waals surface area contributed by atoms with Gasteiger partial charge in [0.25, 0.3) is 0 Å². The Labute approximate surface area is 117 Å². The summed E-state index contributed by atoms with van der Waals surface area (Å²) in [4.78, 5) is 1.29. The molecular weight excluding hydrogens is 256 g/mol. The summed E-state index contributed by atoms with van der Waals surface area (Å²) in [6.45, 7) is 6.21. The van der Waals surface area contributed by atoms with Crippen LogP contribution in [-0.4, -0.2) is 11.7 Å². The van der Waals surface area contributed by atoms with Crippen molar-refractivity contribution < 1.29 is 4.52 Å². The van der Waals surface area contributed by atoms with Crippen LogP contribution in [0.3, 0.4) is 0 Å². The molecule has 0 atom stereocenters. The van der Waals surface area contributed by atoms with Gasteiger partial charge in [0.05, 0.1) is 0 Å². The van der Waals surface area contributed by atoms with Crippen molar-refractivity contribution in [2.24, 2.45) is 5.92 Å². The van der Waals surface area contributed by atoms with Crippen molar-refractivity contribution in [3.05, 3.63) is 35.5 Å². The average molecular weight is 274 g/mol. The largest absolute Gasteiger partial charge is 0.356 e. The van der Waals surface area contributed by atoms with E-state index in [1.165, 1.54) is 16.0 Å². The van der Waals surface area contributed by atoms with Crippen LogP contribution in [0.4, 0.5) is 0 Å². The second-order valence-electron chi connectivity index (χ2n) is 5.25. The molecule has 0 radical (unpaired) electrons. The normalized spacial score (nSPS) is 13.4. The predicted molar refractivity (Wildman–Crippen MR) is 78.0 cm³/mol. The molecule has 4 heteroatoms. The van der Waals surface area contributed by atoms with Gasteiger partial charge in [0, 0.05) is 28.3 Å². The number of thioether (sulfide) groups is 1. The van der Waals surface area contributed by atoms with Gasteiger partial charge < -0.3 is 9.84 Å². The lowest BCUT2D eigenvalue weighted by atomic mass is 10.1. The van der Waals surface area contributed by atoms with Crippen LogP contribution >= 0.6 is 11.8 Å². The highest BCUT2D eigenvalue weighted by Gasteiger charge is 2.24. The first-order valence-corrected chi connectivity index (χ1v) is 7.64. The SMILES string of the molecule is CC(C)CNCc1noc2c1CSc1ccccc1-2. The van der Waals surface area contributed by atoms with Crippen LogP contribution in [0.25, 0.3) is 11.3 Å². The zero-order chi connectivity index (χ0) is 13.2. The summed E-state index contributed by atoms with van der Waals surface area (Å²) >= 11 is 1.86. The Balaban J connectivity index is 1.83. The minimum absolute atomic E-state index is 0.651. The zero-order valence-electron chi connectivity index (χ0n) is 11.3. The number of hydrogen-bond acceptors (Lipinski definition) is 4. The number of benzene rings is 1. The fourth-order valence-electron chi connectivity index (χ4n) is 2.25. The zero-order valence-corrected chi connectivity index (χ0v) is 12.1. The molecule has 1 aromatic carbocycles. The second kappa shape index (κ2) is 5.39. The van der Waals surface area contributed by atoms with Gasteiger partial charge in [-0.3, -0.25) is 0 Å². The maximum atomic E-state index is 5.57. The van der Waals surface area contributed by atoms with E-state index in [1.807, 2.05) is 17.8 Å². The quantitative estimate of drug-likeness (QED) is 0.922. The third kappa shape index (κ3) is 2.55. The molecule has 19 heavy (non-hydrogen) atoms. The number of aromatic nitrogens is 1. The first-order valence-electron chi connectivity index (χ1n) is 6.66. The maximum absolute atomic E-state index is 5.57.